The summed E-state index contributed by atoms with van der Waals surface area (Å²) in [6.45, 7) is 2.52. The van der Waals surface area contributed by atoms with Gasteiger partial charge in [-0.15, -0.1) is 0 Å². The molecule has 0 aliphatic carbocycles. The van der Waals surface area contributed by atoms with E-state index >= 15 is 0 Å². The topological polar surface area (TPSA) is 92.8 Å². The standard InChI is InChI=1S/C16H26N2O5S/c19-15(17-14-5-10-24(21,22)11-14)12-1-6-18(7-2-12)16(20)13-3-8-23-9-4-13/h12-14H,1-11H2,(H,17,19). The zero-order valence-electron chi connectivity index (χ0n) is 13.9. The Hall–Kier alpha value is -1.15. The van der Waals surface area contributed by atoms with Crippen LogP contribution in [0.2, 0.25) is 0 Å². The van der Waals surface area contributed by atoms with Crippen LogP contribution in [0.15, 0.2) is 0 Å². The van der Waals surface area contributed by atoms with E-state index in [1.165, 1.54) is 0 Å². The van der Waals surface area contributed by atoms with Crippen molar-refractivity contribution in [3.05, 3.63) is 0 Å². The number of nitrogens with one attached hydrogen (secondary N) is 1. The molecule has 0 bridgehead atoms. The number of rotatable bonds is 3. The van der Waals surface area contributed by atoms with Crippen LogP contribution in [0.3, 0.4) is 0 Å². The van der Waals surface area contributed by atoms with Gasteiger partial charge < -0.3 is 15.0 Å². The fourth-order valence-electron chi connectivity index (χ4n) is 3.79. The molecule has 3 saturated heterocycles. The molecule has 24 heavy (non-hydrogen) atoms. The van der Waals surface area contributed by atoms with Gasteiger partial charge in [0.15, 0.2) is 9.84 Å². The lowest BCUT2D eigenvalue weighted by atomic mass is 9.92. The van der Waals surface area contributed by atoms with E-state index in [4.69, 9.17) is 4.74 Å². The highest BCUT2D eigenvalue weighted by Gasteiger charge is 2.34. The molecule has 1 unspecified atom stereocenters. The Labute approximate surface area is 143 Å². The molecule has 0 aromatic carbocycles. The molecular weight excluding hydrogens is 332 g/mol. The molecule has 8 heteroatoms. The number of nitrogens with zero attached hydrogens (tertiary/aromatic N) is 1. The summed E-state index contributed by atoms with van der Waals surface area (Å²) in [4.78, 5) is 26.7. The Morgan fingerprint density at radius 3 is 2.21 bits per heavy atom. The molecule has 0 spiro atoms. The zero-order valence-corrected chi connectivity index (χ0v) is 14.7. The average Bonchev–Trinajstić information content (AvgIpc) is 2.93. The predicted molar refractivity (Wildman–Crippen MR) is 88.0 cm³/mol. The minimum Gasteiger partial charge on any atom is -0.381 e. The second-order valence-electron chi connectivity index (χ2n) is 7.09. The summed E-state index contributed by atoms with van der Waals surface area (Å²) >= 11 is 0. The second-order valence-corrected chi connectivity index (χ2v) is 9.32. The van der Waals surface area contributed by atoms with Crippen LogP contribution in [0.5, 0.6) is 0 Å². The number of likely N-dealkylation sites (tertiary alicyclic amines) is 1. The molecule has 0 aromatic rings. The number of sulfone groups is 1. The maximum atomic E-state index is 12.5. The highest BCUT2D eigenvalue weighted by molar-refractivity contribution is 7.91. The van der Waals surface area contributed by atoms with Crippen LogP contribution in [-0.4, -0.2) is 69.0 Å². The summed E-state index contributed by atoms with van der Waals surface area (Å²) in [5, 5.41) is 2.87. The summed E-state index contributed by atoms with van der Waals surface area (Å²) in [7, 11) is -2.98. The summed E-state index contributed by atoms with van der Waals surface area (Å²) in [5.74, 6) is 0.296. The number of amides is 2. The predicted octanol–water partition coefficient (Wildman–Crippen LogP) is -0.0451. The van der Waals surface area contributed by atoms with Gasteiger partial charge in [-0.05, 0) is 32.1 Å². The lowest BCUT2D eigenvalue weighted by molar-refractivity contribution is -0.141. The first-order chi connectivity index (χ1) is 11.4. The molecule has 3 aliphatic heterocycles. The van der Waals surface area contributed by atoms with Crippen molar-refractivity contribution in [3.63, 3.8) is 0 Å². The van der Waals surface area contributed by atoms with Crippen molar-refractivity contribution in [2.75, 3.05) is 37.8 Å². The Morgan fingerprint density at radius 1 is 0.958 bits per heavy atom. The molecule has 0 radical (unpaired) electrons. The molecule has 3 rings (SSSR count). The van der Waals surface area contributed by atoms with E-state index < -0.39 is 9.84 Å². The van der Waals surface area contributed by atoms with Gasteiger partial charge in [0.05, 0.1) is 11.5 Å². The molecule has 3 aliphatic rings. The maximum Gasteiger partial charge on any atom is 0.225 e. The van der Waals surface area contributed by atoms with E-state index in [1.807, 2.05) is 4.90 Å². The Bertz CT molecular complexity index is 577. The number of piperidine rings is 1. The van der Waals surface area contributed by atoms with Gasteiger partial charge in [0.2, 0.25) is 11.8 Å². The van der Waals surface area contributed by atoms with Crippen LogP contribution in [0, 0.1) is 11.8 Å². The zero-order chi connectivity index (χ0) is 17.2. The summed E-state index contributed by atoms with van der Waals surface area (Å²) in [6.07, 6.45) is 3.39. The molecule has 136 valence electrons. The van der Waals surface area contributed by atoms with Crippen LogP contribution in [0.4, 0.5) is 0 Å². The van der Waals surface area contributed by atoms with E-state index in [0.29, 0.717) is 45.6 Å². The van der Waals surface area contributed by atoms with E-state index in [-0.39, 0.29) is 41.2 Å². The number of hydrogen-bond acceptors (Lipinski definition) is 5. The van der Waals surface area contributed by atoms with Gasteiger partial charge in [0.25, 0.3) is 0 Å². The van der Waals surface area contributed by atoms with Crippen molar-refractivity contribution in [3.8, 4) is 0 Å². The van der Waals surface area contributed by atoms with Gasteiger partial charge >= 0.3 is 0 Å². The largest absolute Gasteiger partial charge is 0.381 e. The van der Waals surface area contributed by atoms with Crippen molar-refractivity contribution in [1.29, 1.82) is 0 Å². The molecule has 1 N–H and O–H groups in total. The molecule has 3 fully saturated rings. The molecule has 1 atom stereocenters. The summed E-state index contributed by atoms with van der Waals surface area (Å²) < 4.78 is 28.2. The summed E-state index contributed by atoms with van der Waals surface area (Å²) in [6, 6.07) is -0.246. The minimum atomic E-state index is -2.98. The third-order valence-electron chi connectivity index (χ3n) is 5.33. The summed E-state index contributed by atoms with van der Waals surface area (Å²) in [5.41, 5.74) is 0. The fourth-order valence-corrected chi connectivity index (χ4v) is 5.47. The molecule has 2 amide bonds. The van der Waals surface area contributed by atoms with Crippen molar-refractivity contribution >= 4 is 21.7 Å². The van der Waals surface area contributed by atoms with Crippen molar-refractivity contribution in [2.24, 2.45) is 11.8 Å². The first-order valence-electron chi connectivity index (χ1n) is 8.82. The van der Waals surface area contributed by atoms with Crippen LogP contribution >= 0.6 is 0 Å². The van der Waals surface area contributed by atoms with E-state index in [1.54, 1.807) is 0 Å². The second kappa shape index (κ2) is 7.39. The number of carbonyl (C=O) groups is 2. The van der Waals surface area contributed by atoms with Gasteiger partial charge in [0, 0.05) is 44.2 Å². The van der Waals surface area contributed by atoms with Crippen molar-refractivity contribution in [2.45, 2.75) is 38.1 Å². The van der Waals surface area contributed by atoms with Gasteiger partial charge in [-0.1, -0.05) is 0 Å². The Kier molecular flexibility index (Phi) is 5.44. The minimum absolute atomic E-state index is 0.0554. The van der Waals surface area contributed by atoms with E-state index in [0.717, 1.165) is 12.8 Å². The quantitative estimate of drug-likeness (QED) is 0.764. The normalized spacial score (nSPS) is 28.7. The first-order valence-corrected chi connectivity index (χ1v) is 10.6. The van der Waals surface area contributed by atoms with Crippen LogP contribution < -0.4 is 5.32 Å². The Morgan fingerprint density at radius 2 is 1.62 bits per heavy atom. The van der Waals surface area contributed by atoms with E-state index in [2.05, 4.69) is 5.32 Å². The highest BCUT2D eigenvalue weighted by Crippen LogP contribution is 2.23. The molecule has 3 heterocycles. The molecule has 0 saturated carbocycles. The number of carbonyl (C=O) groups excluding carboxylic acids is 2. The smallest absolute Gasteiger partial charge is 0.225 e. The van der Waals surface area contributed by atoms with Crippen LogP contribution in [0.25, 0.3) is 0 Å². The monoisotopic (exact) mass is 358 g/mol. The van der Waals surface area contributed by atoms with Gasteiger partial charge in [-0.3, -0.25) is 9.59 Å². The number of hydrogen-bond donors (Lipinski definition) is 1. The van der Waals surface area contributed by atoms with Crippen molar-refractivity contribution in [1.82, 2.24) is 10.2 Å². The molecular formula is C16H26N2O5S. The van der Waals surface area contributed by atoms with E-state index in [9.17, 15) is 18.0 Å². The van der Waals surface area contributed by atoms with Crippen LogP contribution in [0.1, 0.15) is 32.1 Å². The van der Waals surface area contributed by atoms with Crippen molar-refractivity contribution < 1.29 is 22.7 Å². The Balaban J connectivity index is 1.44. The lowest BCUT2D eigenvalue weighted by Crippen LogP contribution is -2.47. The third kappa shape index (κ3) is 4.27. The number of ether oxygens (including phenoxy) is 1. The van der Waals surface area contributed by atoms with Gasteiger partial charge in [-0.2, -0.15) is 0 Å². The maximum absolute atomic E-state index is 12.5. The average molecular weight is 358 g/mol. The van der Waals surface area contributed by atoms with Crippen LogP contribution in [-0.2, 0) is 24.2 Å². The SMILES string of the molecule is O=C(NC1CCS(=O)(=O)C1)C1CCN(C(=O)C2CCOCC2)CC1. The third-order valence-corrected chi connectivity index (χ3v) is 7.09. The first kappa shape index (κ1) is 17.7. The molecule has 0 aromatic heterocycles. The lowest BCUT2D eigenvalue weighted by Gasteiger charge is -2.35. The highest BCUT2D eigenvalue weighted by atomic mass is 32.2. The fraction of sp³-hybridized carbons (Fsp3) is 0.875. The van der Waals surface area contributed by atoms with Gasteiger partial charge in [0.1, 0.15) is 0 Å². The molecule has 7 nitrogen and oxygen atoms in total. The van der Waals surface area contributed by atoms with Gasteiger partial charge in [-0.25, -0.2) is 8.42 Å².